The summed E-state index contributed by atoms with van der Waals surface area (Å²) in [6.07, 6.45) is 3.64. The lowest BCUT2D eigenvalue weighted by Gasteiger charge is -2.20. The van der Waals surface area contributed by atoms with Gasteiger partial charge in [0, 0.05) is 29.6 Å². The third-order valence-electron chi connectivity index (χ3n) is 2.88. The van der Waals surface area contributed by atoms with Crippen LogP contribution in [-0.2, 0) is 0 Å². The zero-order chi connectivity index (χ0) is 13.0. The standard InChI is InChI=1S/C14H16ClN3/c1-10-6-7-17-9-13(10)14(8-16)18-12-4-2-11(15)3-5-12/h2-7,9,14,18H,8,16H2,1H3. The first kappa shape index (κ1) is 12.9. The Bertz CT molecular complexity index is 511. The van der Waals surface area contributed by atoms with Crippen LogP contribution < -0.4 is 11.1 Å². The van der Waals surface area contributed by atoms with Crippen LogP contribution in [0.25, 0.3) is 0 Å². The molecule has 2 aromatic rings. The molecule has 0 aliphatic heterocycles. The van der Waals surface area contributed by atoms with Crippen molar-refractivity contribution in [3.05, 3.63) is 58.9 Å². The molecule has 1 heterocycles. The predicted molar refractivity (Wildman–Crippen MR) is 75.8 cm³/mol. The molecule has 0 radical (unpaired) electrons. The molecule has 0 saturated carbocycles. The second kappa shape index (κ2) is 5.85. The van der Waals surface area contributed by atoms with Crippen LogP contribution in [0.15, 0.2) is 42.7 Å². The normalized spacial score (nSPS) is 12.2. The molecule has 1 aromatic heterocycles. The van der Waals surface area contributed by atoms with Crippen LogP contribution in [0.4, 0.5) is 5.69 Å². The molecule has 0 aliphatic rings. The summed E-state index contributed by atoms with van der Waals surface area (Å²) in [5, 5.41) is 4.11. The number of pyridine rings is 1. The number of nitrogens with one attached hydrogen (secondary N) is 1. The molecule has 0 spiro atoms. The van der Waals surface area contributed by atoms with Crippen LogP contribution in [0.5, 0.6) is 0 Å². The molecule has 1 unspecified atom stereocenters. The van der Waals surface area contributed by atoms with E-state index in [0.717, 1.165) is 16.3 Å². The molecule has 3 N–H and O–H groups in total. The molecular formula is C14H16ClN3. The van der Waals surface area contributed by atoms with Gasteiger partial charge >= 0.3 is 0 Å². The highest BCUT2D eigenvalue weighted by Crippen LogP contribution is 2.22. The molecule has 0 bridgehead atoms. The van der Waals surface area contributed by atoms with E-state index in [2.05, 4.69) is 17.2 Å². The molecule has 4 heteroatoms. The van der Waals surface area contributed by atoms with E-state index in [9.17, 15) is 0 Å². The SMILES string of the molecule is Cc1ccncc1C(CN)Nc1ccc(Cl)cc1. The van der Waals surface area contributed by atoms with E-state index < -0.39 is 0 Å². The number of hydrogen-bond donors (Lipinski definition) is 2. The van der Waals surface area contributed by atoms with Gasteiger partial charge in [0.15, 0.2) is 0 Å². The van der Waals surface area contributed by atoms with Gasteiger partial charge < -0.3 is 11.1 Å². The van der Waals surface area contributed by atoms with E-state index in [-0.39, 0.29) is 6.04 Å². The molecule has 3 nitrogen and oxygen atoms in total. The van der Waals surface area contributed by atoms with Crippen LogP contribution in [0.2, 0.25) is 5.02 Å². The molecular weight excluding hydrogens is 246 g/mol. The van der Waals surface area contributed by atoms with E-state index in [1.807, 2.05) is 36.5 Å². The Morgan fingerprint density at radius 1 is 1.28 bits per heavy atom. The Balaban J connectivity index is 2.20. The van der Waals surface area contributed by atoms with Gasteiger partial charge in [-0.25, -0.2) is 0 Å². The van der Waals surface area contributed by atoms with Gasteiger partial charge in [0.2, 0.25) is 0 Å². The summed E-state index contributed by atoms with van der Waals surface area (Å²) in [6.45, 7) is 2.57. The Kier molecular flexibility index (Phi) is 4.18. The van der Waals surface area contributed by atoms with Crippen molar-refractivity contribution in [3.8, 4) is 0 Å². The van der Waals surface area contributed by atoms with Gasteiger partial charge in [0.25, 0.3) is 0 Å². The minimum atomic E-state index is 0.0554. The quantitative estimate of drug-likeness (QED) is 0.889. The first-order valence-corrected chi connectivity index (χ1v) is 6.21. The fourth-order valence-electron chi connectivity index (χ4n) is 1.85. The second-order valence-corrected chi connectivity index (χ2v) is 4.61. The highest BCUT2D eigenvalue weighted by atomic mass is 35.5. The number of halogens is 1. The average molecular weight is 262 g/mol. The van der Waals surface area contributed by atoms with Gasteiger partial charge in [0.1, 0.15) is 0 Å². The molecule has 0 fully saturated rings. The van der Waals surface area contributed by atoms with Gasteiger partial charge in [-0.3, -0.25) is 4.98 Å². The van der Waals surface area contributed by atoms with Gasteiger partial charge in [-0.15, -0.1) is 0 Å². The van der Waals surface area contributed by atoms with Crippen molar-refractivity contribution in [1.82, 2.24) is 4.98 Å². The zero-order valence-electron chi connectivity index (χ0n) is 10.2. The lowest BCUT2D eigenvalue weighted by Crippen LogP contribution is -2.21. The van der Waals surface area contributed by atoms with Crippen molar-refractivity contribution in [2.24, 2.45) is 5.73 Å². The number of nitrogens with two attached hydrogens (primary N) is 1. The fourth-order valence-corrected chi connectivity index (χ4v) is 1.98. The van der Waals surface area contributed by atoms with E-state index in [1.165, 1.54) is 5.56 Å². The summed E-state index contributed by atoms with van der Waals surface area (Å²) in [6, 6.07) is 9.63. The minimum Gasteiger partial charge on any atom is -0.377 e. The largest absolute Gasteiger partial charge is 0.377 e. The van der Waals surface area contributed by atoms with Gasteiger partial charge in [-0.2, -0.15) is 0 Å². The smallest absolute Gasteiger partial charge is 0.0653 e. The molecule has 0 saturated heterocycles. The Morgan fingerprint density at radius 3 is 2.61 bits per heavy atom. The molecule has 18 heavy (non-hydrogen) atoms. The number of benzene rings is 1. The second-order valence-electron chi connectivity index (χ2n) is 4.17. The number of aryl methyl sites for hydroxylation is 1. The van der Waals surface area contributed by atoms with Crippen LogP contribution in [0.3, 0.4) is 0 Å². The summed E-state index contributed by atoms with van der Waals surface area (Å²) in [4.78, 5) is 4.15. The van der Waals surface area contributed by atoms with Crippen molar-refractivity contribution >= 4 is 17.3 Å². The fraction of sp³-hybridized carbons (Fsp3) is 0.214. The third kappa shape index (κ3) is 3.00. The predicted octanol–water partition coefficient (Wildman–Crippen LogP) is 3.16. The Labute approximate surface area is 112 Å². The van der Waals surface area contributed by atoms with Crippen molar-refractivity contribution < 1.29 is 0 Å². The van der Waals surface area contributed by atoms with Crippen molar-refractivity contribution in [3.63, 3.8) is 0 Å². The van der Waals surface area contributed by atoms with Crippen molar-refractivity contribution in [2.45, 2.75) is 13.0 Å². The third-order valence-corrected chi connectivity index (χ3v) is 3.13. The van der Waals surface area contributed by atoms with Crippen molar-refractivity contribution in [1.29, 1.82) is 0 Å². The first-order valence-electron chi connectivity index (χ1n) is 5.83. The maximum atomic E-state index is 5.86. The zero-order valence-corrected chi connectivity index (χ0v) is 11.0. The van der Waals surface area contributed by atoms with Gasteiger partial charge in [-0.1, -0.05) is 11.6 Å². The molecule has 1 aromatic carbocycles. The topological polar surface area (TPSA) is 50.9 Å². The summed E-state index contributed by atoms with van der Waals surface area (Å²) in [5.41, 5.74) is 9.14. The summed E-state index contributed by atoms with van der Waals surface area (Å²) in [5.74, 6) is 0. The van der Waals surface area contributed by atoms with E-state index >= 15 is 0 Å². The molecule has 0 aliphatic carbocycles. The van der Waals surface area contributed by atoms with E-state index in [1.54, 1.807) is 6.20 Å². The van der Waals surface area contributed by atoms with E-state index in [4.69, 9.17) is 17.3 Å². The number of aromatic nitrogens is 1. The number of rotatable bonds is 4. The molecule has 2 rings (SSSR count). The highest BCUT2D eigenvalue weighted by Gasteiger charge is 2.11. The van der Waals surface area contributed by atoms with Crippen LogP contribution >= 0.6 is 11.6 Å². The van der Waals surface area contributed by atoms with Crippen molar-refractivity contribution in [2.75, 3.05) is 11.9 Å². The van der Waals surface area contributed by atoms with Gasteiger partial charge in [0.05, 0.1) is 6.04 Å². The molecule has 0 amide bonds. The maximum absolute atomic E-state index is 5.86. The van der Waals surface area contributed by atoms with Crippen LogP contribution in [0, 0.1) is 6.92 Å². The highest BCUT2D eigenvalue weighted by molar-refractivity contribution is 6.30. The Morgan fingerprint density at radius 2 is 2.00 bits per heavy atom. The molecule has 94 valence electrons. The summed E-state index contributed by atoms with van der Waals surface area (Å²) in [7, 11) is 0. The number of hydrogen-bond acceptors (Lipinski definition) is 3. The van der Waals surface area contributed by atoms with Crippen LogP contribution in [-0.4, -0.2) is 11.5 Å². The average Bonchev–Trinajstić information content (AvgIpc) is 2.39. The lowest BCUT2D eigenvalue weighted by atomic mass is 10.0. The first-order chi connectivity index (χ1) is 8.70. The minimum absolute atomic E-state index is 0.0554. The maximum Gasteiger partial charge on any atom is 0.0653 e. The number of nitrogens with zero attached hydrogens (tertiary/aromatic N) is 1. The number of anilines is 1. The van der Waals surface area contributed by atoms with E-state index in [0.29, 0.717) is 6.54 Å². The monoisotopic (exact) mass is 261 g/mol. The lowest BCUT2D eigenvalue weighted by molar-refractivity contribution is 0.778. The molecule has 1 atom stereocenters. The van der Waals surface area contributed by atoms with Crippen LogP contribution in [0.1, 0.15) is 17.2 Å². The summed E-state index contributed by atoms with van der Waals surface area (Å²) >= 11 is 5.86. The summed E-state index contributed by atoms with van der Waals surface area (Å²) < 4.78 is 0. The van der Waals surface area contributed by atoms with Gasteiger partial charge in [-0.05, 0) is 48.4 Å². The Hall–Kier alpha value is -1.58.